The molecule has 1 aromatic carbocycles. The summed E-state index contributed by atoms with van der Waals surface area (Å²) in [6.45, 7) is 0.381. The predicted molar refractivity (Wildman–Crippen MR) is 90.6 cm³/mol. The van der Waals surface area contributed by atoms with Crippen molar-refractivity contribution < 1.29 is 18.4 Å². The van der Waals surface area contributed by atoms with Crippen LogP contribution in [0.1, 0.15) is 28.3 Å². The van der Waals surface area contributed by atoms with E-state index < -0.39 is 23.5 Å². The van der Waals surface area contributed by atoms with Gasteiger partial charge in [0.1, 0.15) is 5.92 Å². The molecule has 2 aliphatic rings. The van der Waals surface area contributed by atoms with Crippen molar-refractivity contribution in [1.82, 2.24) is 5.32 Å². The first-order chi connectivity index (χ1) is 12.1. The van der Waals surface area contributed by atoms with Gasteiger partial charge in [0.15, 0.2) is 11.6 Å². The first kappa shape index (κ1) is 16.2. The van der Waals surface area contributed by atoms with Crippen molar-refractivity contribution >= 4 is 28.8 Å². The first-order valence-electron chi connectivity index (χ1n) is 8.18. The molecule has 4 nitrogen and oxygen atoms in total. The Kier molecular flexibility index (Phi) is 4.03. The molecule has 7 heteroatoms. The largest absolute Gasteiger partial charge is 0.355 e. The summed E-state index contributed by atoms with van der Waals surface area (Å²) in [7, 11) is 0. The van der Waals surface area contributed by atoms with E-state index in [9.17, 15) is 18.4 Å². The number of nitrogens with one attached hydrogen (secondary N) is 2. The van der Waals surface area contributed by atoms with E-state index in [2.05, 4.69) is 10.6 Å². The number of thiophene rings is 1. The normalized spacial score (nSPS) is 21.9. The van der Waals surface area contributed by atoms with E-state index >= 15 is 0 Å². The van der Waals surface area contributed by atoms with Gasteiger partial charge in [0.25, 0.3) is 0 Å². The number of carbonyl (C=O) groups is 2. The van der Waals surface area contributed by atoms with Gasteiger partial charge in [-0.05, 0) is 47.9 Å². The zero-order valence-electron chi connectivity index (χ0n) is 13.3. The highest BCUT2D eigenvalue weighted by molar-refractivity contribution is 7.10. The highest BCUT2D eigenvalue weighted by Gasteiger charge is 2.43. The Morgan fingerprint density at radius 1 is 1.28 bits per heavy atom. The van der Waals surface area contributed by atoms with Gasteiger partial charge in [-0.15, -0.1) is 11.3 Å². The SMILES string of the molecule is O=C1NC[C@H](c2csc3c2CCC3)[C@H]1C(=O)Nc1cccc(F)c1F. The standard InChI is InChI=1S/C18H16F2N2O2S/c19-12-4-2-5-13(16(12)20)22-18(24)15-10(7-21-17(15)23)11-8-25-14-6-1-3-9(11)14/h2,4-5,8,10,15H,1,3,6-7H2,(H,21,23)(H,22,24)/t10-,15-/m1/s1. The summed E-state index contributed by atoms with van der Waals surface area (Å²) >= 11 is 1.67. The number of amides is 2. The molecule has 4 rings (SSSR count). The summed E-state index contributed by atoms with van der Waals surface area (Å²) < 4.78 is 27.1. The van der Waals surface area contributed by atoms with Crippen molar-refractivity contribution in [2.24, 2.45) is 5.92 Å². The number of halogens is 2. The van der Waals surface area contributed by atoms with E-state index in [-0.39, 0.29) is 17.5 Å². The maximum Gasteiger partial charge on any atom is 0.237 e. The van der Waals surface area contributed by atoms with Gasteiger partial charge in [0, 0.05) is 17.3 Å². The second kappa shape index (κ2) is 6.22. The van der Waals surface area contributed by atoms with Crippen LogP contribution in [0.15, 0.2) is 23.6 Å². The third-order valence-electron chi connectivity index (χ3n) is 4.92. The van der Waals surface area contributed by atoms with Gasteiger partial charge in [-0.3, -0.25) is 9.59 Å². The minimum absolute atomic E-state index is 0.251. The quantitative estimate of drug-likeness (QED) is 0.825. The smallest absolute Gasteiger partial charge is 0.237 e. The van der Waals surface area contributed by atoms with Crippen LogP contribution in [0, 0.1) is 17.6 Å². The van der Waals surface area contributed by atoms with Crippen molar-refractivity contribution in [3.63, 3.8) is 0 Å². The summed E-state index contributed by atoms with van der Waals surface area (Å²) in [6, 6.07) is 3.57. The molecule has 1 saturated heterocycles. The Bertz CT molecular complexity index is 865. The molecule has 2 atom stereocenters. The van der Waals surface area contributed by atoms with E-state index in [1.165, 1.54) is 22.6 Å². The molecule has 0 saturated carbocycles. The van der Waals surface area contributed by atoms with E-state index in [0.717, 1.165) is 30.9 Å². The minimum Gasteiger partial charge on any atom is -0.355 e. The van der Waals surface area contributed by atoms with Crippen molar-refractivity contribution in [1.29, 1.82) is 0 Å². The average Bonchev–Trinajstić information content (AvgIpc) is 3.27. The summed E-state index contributed by atoms with van der Waals surface area (Å²) in [5, 5.41) is 7.13. The molecule has 130 valence electrons. The number of aryl methyl sites for hydroxylation is 1. The number of hydrogen-bond donors (Lipinski definition) is 2. The van der Waals surface area contributed by atoms with E-state index in [1.807, 2.05) is 5.38 Å². The molecule has 0 spiro atoms. The maximum atomic E-state index is 13.8. The number of carbonyl (C=O) groups excluding carboxylic acids is 2. The molecular formula is C18H16F2N2O2S. The Balaban J connectivity index is 1.61. The number of benzene rings is 1. The van der Waals surface area contributed by atoms with Crippen LogP contribution >= 0.6 is 11.3 Å². The molecule has 25 heavy (non-hydrogen) atoms. The van der Waals surface area contributed by atoms with Crippen molar-refractivity contribution in [3.8, 4) is 0 Å². The second-order valence-corrected chi connectivity index (χ2v) is 7.33. The fourth-order valence-corrected chi connectivity index (χ4v) is 4.90. The fourth-order valence-electron chi connectivity index (χ4n) is 3.69. The molecule has 2 N–H and O–H groups in total. The Morgan fingerprint density at radius 2 is 2.12 bits per heavy atom. The Labute approximate surface area is 147 Å². The minimum atomic E-state index is -1.12. The van der Waals surface area contributed by atoms with Crippen LogP contribution < -0.4 is 10.6 Å². The zero-order valence-corrected chi connectivity index (χ0v) is 14.1. The molecule has 0 radical (unpaired) electrons. The van der Waals surface area contributed by atoms with Crippen molar-refractivity contribution in [2.45, 2.75) is 25.2 Å². The van der Waals surface area contributed by atoms with Gasteiger partial charge in [-0.25, -0.2) is 8.78 Å². The lowest BCUT2D eigenvalue weighted by Gasteiger charge is -2.17. The summed E-state index contributed by atoms with van der Waals surface area (Å²) in [5.41, 5.74) is 2.04. The third-order valence-corrected chi connectivity index (χ3v) is 6.02. The summed E-state index contributed by atoms with van der Waals surface area (Å²) in [5.74, 6) is -4.37. The molecule has 0 unspecified atom stereocenters. The van der Waals surface area contributed by atoms with Gasteiger partial charge >= 0.3 is 0 Å². The van der Waals surface area contributed by atoms with Crippen LogP contribution in [-0.4, -0.2) is 18.4 Å². The van der Waals surface area contributed by atoms with E-state index in [1.54, 1.807) is 11.3 Å². The van der Waals surface area contributed by atoms with E-state index in [4.69, 9.17) is 0 Å². The van der Waals surface area contributed by atoms with Gasteiger partial charge in [0.05, 0.1) is 5.69 Å². The van der Waals surface area contributed by atoms with Crippen LogP contribution in [0.5, 0.6) is 0 Å². The summed E-state index contributed by atoms with van der Waals surface area (Å²) in [4.78, 5) is 26.2. The number of anilines is 1. The highest BCUT2D eigenvalue weighted by atomic mass is 32.1. The molecule has 2 amide bonds. The predicted octanol–water partition coefficient (Wildman–Crippen LogP) is 2.98. The lowest BCUT2D eigenvalue weighted by molar-refractivity contribution is -0.130. The lowest BCUT2D eigenvalue weighted by Crippen LogP contribution is -2.32. The lowest BCUT2D eigenvalue weighted by atomic mass is 9.86. The number of rotatable bonds is 3. The molecule has 2 heterocycles. The monoisotopic (exact) mass is 362 g/mol. The second-order valence-electron chi connectivity index (χ2n) is 6.37. The van der Waals surface area contributed by atoms with E-state index in [0.29, 0.717) is 6.54 Å². The Hall–Kier alpha value is -2.28. The number of fused-ring (bicyclic) bond motifs is 1. The topological polar surface area (TPSA) is 58.2 Å². The molecule has 2 aromatic rings. The molecule has 1 aliphatic carbocycles. The van der Waals surface area contributed by atoms with Gasteiger partial charge in [-0.2, -0.15) is 0 Å². The zero-order chi connectivity index (χ0) is 17.6. The molecular weight excluding hydrogens is 346 g/mol. The van der Waals surface area contributed by atoms with Crippen LogP contribution in [-0.2, 0) is 22.4 Å². The summed E-state index contributed by atoms with van der Waals surface area (Å²) in [6.07, 6.45) is 3.10. The van der Waals surface area contributed by atoms with Gasteiger partial charge < -0.3 is 10.6 Å². The van der Waals surface area contributed by atoms with Crippen LogP contribution in [0.25, 0.3) is 0 Å². The molecule has 1 aliphatic heterocycles. The van der Waals surface area contributed by atoms with Crippen molar-refractivity contribution in [3.05, 3.63) is 51.2 Å². The van der Waals surface area contributed by atoms with Crippen LogP contribution in [0.4, 0.5) is 14.5 Å². The van der Waals surface area contributed by atoms with Gasteiger partial charge in [0.2, 0.25) is 11.8 Å². The third kappa shape index (κ3) is 2.72. The Morgan fingerprint density at radius 3 is 2.96 bits per heavy atom. The molecule has 1 fully saturated rings. The van der Waals surface area contributed by atoms with Crippen molar-refractivity contribution in [2.75, 3.05) is 11.9 Å². The van der Waals surface area contributed by atoms with Crippen LogP contribution in [0.2, 0.25) is 0 Å². The van der Waals surface area contributed by atoms with Gasteiger partial charge in [-0.1, -0.05) is 6.07 Å². The van der Waals surface area contributed by atoms with Crippen LogP contribution in [0.3, 0.4) is 0 Å². The molecule has 0 bridgehead atoms. The first-order valence-corrected chi connectivity index (χ1v) is 9.06. The number of hydrogen-bond acceptors (Lipinski definition) is 3. The maximum absolute atomic E-state index is 13.8. The molecule has 1 aromatic heterocycles. The highest BCUT2D eigenvalue weighted by Crippen LogP contribution is 2.40. The fraction of sp³-hybridized carbons (Fsp3) is 0.333. The average molecular weight is 362 g/mol.